The molecule has 8 heteroatoms. The largest absolute Gasteiger partial charge is 0.497 e. The fourth-order valence-electron chi connectivity index (χ4n) is 2.80. The Hall–Kier alpha value is -2.48. The van der Waals surface area contributed by atoms with Crippen molar-refractivity contribution in [3.05, 3.63) is 41.1 Å². The minimum Gasteiger partial charge on any atom is -0.497 e. The van der Waals surface area contributed by atoms with Gasteiger partial charge in [0.25, 0.3) is 0 Å². The lowest BCUT2D eigenvalue weighted by Gasteiger charge is -2.23. The van der Waals surface area contributed by atoms with Crippen LogP contribution in [0.2, 0.25) is 0 Å². The molecular formula is C19H24N4O3S. The van der Waals surface area contributed by atoms with Gasteiger partial charge in [-0.15, -0.1) is 0 Å². The Bertz CT molecular complexity index is 853. The number of benzene rings is 1. The van der Waals surface area contributed by atoms with Crippen molar-refractivity contribution < 1.29 is 14.3 Å². The number of carbonyl (C=O) groups excluding carboxylic acids is 2. The lowest BCUT2D eigenvalue weighted by molar-refractivity contribution is -0.136. The number of anilines is 1. The highest BCUT2D eigenvalue weighted by Crippen LogP contribution is 2.37. The van der Waals surface area contributed by atoms with Crippen molar-refractivity contribution in [2.45, 2.75) is 44.4 Å². The second kappa shape index (κ2) is 7.64. The van der Waals surface area contributed by atoms with E-state index in [1.54, 1.807) is 23.6 Å². The third-order valence-electron chi connectivity index (χ3n) is 4.24. The summed E-state index contributed by atoms with van der Waals surface area (Å²) < 4.78 is 6.90. The Kier molecular flexibility index (Phi) is 5.46. The second-order valence-electron chi connectivity index (χ2n) is 7.33. The minimum absolute atomic E-state index is 0.267. The van der Waals surface area contributed by atoms with Crippen LogP contribution in [-0.2, 0) is 33.2 Å². The van der Waals surface area contributed by atoms with Crippen LogP contribution >= 0.6 is 11.8 Å². The monoisotopic (exact) mass is 388 g/mol. The molecule has 0 unspecified atom stereocenters. The van der Waals surface area contributed by atoms with Gasteiger partial charge in [0, 0.05) is 23.6 Å². The van der Waals surface area contributed by atoms with Crippen molar-refractivity contribution in [1.29, 1.82) is 0 Å². The SMILES string of the molecule is COc1ccc(CNC(=O)C(=O)Nc2c3c(nn2C(C)(C)C)CSC3)cc1. The number of amides is 2. The van der Waals surface area contributed by atoms with E-state index in [9.17, 15) is 9.59 Å². The number of nitrogens with zero attached hydrogens (tertiary/aromatic N) is 2. The lowest BCUT2D eigenvalue weighted by Crippen LogP contribution is -2.36. The molecule has 1 aliphatic heterocycles. The van der Waals surface area contributed by atoms with Gasteiger partial charge in [-0.25, -0.2) is 4.68 Å². The molecule has 2 heterocycles. The number of nitrogens with one attached hydrogen (secondary N) is 2. The summed E-state index contributed by atoms with van der Waals surface area (Å²) in [4.78, 5) is 24.7. The van der Waals surface area contributed by atoms with E-state index in [0.29, 0.717) is 5.82 Å². The van der Waals surface area contributed by atoms with Gasteiger partial charge >= 0.3 is 11.8 Å². The van der Waals surface area contributed by atoms with Crippen LogP contribution in [0.3, 0.4) is 0 Å². The molecule has 0 saturated carbocycles. The summed E-state index contributed by atoms with van der Waals surface area (Å²) in [6, 6.07) is 7.31. The molecule has 7 nitrogen and oxygen atoms in total. The van der Waals surface area contributed by atoms with Crippen LogP contribution in [-0.4, -0.2) is 28.7 Å². The molecule has 144 valence electrons. The molecule has 2 N–H and O–H groups in total. The van der Waals surface area contributed by atoms with E-state index in [0.717, 1.165) is 34.1 Å². The summed E-state index contributed by atoms with van der Waals surface area (Å²) in [6.07, 6.45) is 0. The van der Waals surface area contributed by atoms with Crippen LogP contribution in [0.1, 0.15) is 37.6 Å². The maximum absolute atomic E-state index is 12.4. The van der Waals surface area contributed by atoms with Gasteiger partial charge in [0.05, 0.1) is 18.3 Å². The van der Waals surface area contributed by atoms with Crippen molar-refractivity contribution >= 4 is 29.4 Å². The Morgan fingerprint density at radius 1 is 1.19 bits per heavy atom. The Labute approximate surface area is 162 Å². The molecule has 27 heavy (non-hydrogen) atoms. The summed E-state index contributed by atoms with van der Waals surface area (Å²) in [5.74, 6) is 1.61. The van der Waals surface area contributed by atoms with Crippen LogP contribution in [0, 0.1) is 0 Å². The Morgan fingerprint density at radius 3 is 2.52 bits per heavy atom. The van der Waals surface area contributed by atoms with E-state index in [2.05, 4.69) is 15.7 Å². The molecular weight excluding hydrogens is 364 g/mol. The third kappa shape index (κ3) is 4.27. The van der Waals surface area contributed by atoms with Crippen molar-refractivity contribution in [3.63, 3.8) is 0 Å². The van der Waals surface area contributed by atoms with E-state index in [1.807, 2.05) is 45.0 Å². The molecule has 0 saturated heterocycles. The molecule has 2 aromatic rings. The van der Waals surface area contributed by atoms with E-state index in [1.165, 1.54) is 0 Å². The summed E-state index contributed by atoms with van der Waals surface area (Å²) in [5.41, 5.74) is 2.57. The quantitative estimate of drug-likeness (QED) is 0.787. The predicted molar refractivity (Wildman–Crippen MR) is 106 cm³/mol. The van der Waals surface area contributed by atoms with E-state index in [4.69, 9.17) is 4.74 Å². The van der Waals surface area contributed by atoms with Crippen molar-refractivity contribution in [3.8, 4) is 5.75 Å². The number of fused-ring (bicyclic) bond motifs is 1. The number of ether oxygens (including phenoxy) is 1. The Balaban J connectivity index is 1.67. The number of hydrogen-bond donors (Lipinski definition) is 2. The lowest BCUT2D eigenvalue weighted by atomic mass is 10.1. The smallest absolute Gasteiger partial charge is 0.314 e. The van der Waals surface area contributed by atoms with Gasteiger partial charge in [0.1, 0.15) is 11.6 Å². The average Bonchev–Trinajstić information content (AvgIpc) is 3.22. The minimum atomic E-state index is -0.686. The Morgan fingerprint density at radius 2 is 1.89 bits per heavy atom. The first kappa shape index (κ1) is 19.3. The zero-order valence-electron chi connectivity index (χ0n) is 16.0. The van der Waals surface area contributed by atoms with Crippen LogP contribution in [0.4, 0.5) is 5.82 Å². The molecule has 0 aliphatic carbocycles. The number of rotatable bonds is 4. The highest BCUT2D eigenvalue weighted by atomic mass is 32.2. The van der Waals surface area contributed by atoms with Gasteiger partial charge in [0.2, 0.25) is 0 Å². The van der Waals surface area contributed by atoms with E-state index < -0.39 is 11.8 Å². The first-order chi connectivity index (χ1) is 12.8. The fourth-order valence-corrected chi connectivity index (χ4v) is 3.83. The van der Waals surface area contributed by atoms with E-state index in [-0.39, 0.29) is 12.1 Å². The third-order valence-corrected chi connectivity index (χ3v) is 5.21. The zero-order chi connectivity index (χ0) is 19.6. The van der Waals surface area contributed by atoms with Gasteiger partial charge in [0.15, 0.2) is 0 Å². The number of aromatic nitrogens is 2. The van der Waals surface area contributed by atoms with Crippen molar-refractivity contribution in [1.82, 2.24) is 15.1 Å². The number of thioether (sulfide) groups is 1. The van der Waals surface area contributed by atoms with Crippen molar-refractivity contribution in [2.24, 2.45) is 0 Å². The number of methoxy groups -OCH3 is 1. The zero-order valence-corrected chi connectivity index (χ0v) is 16.8. The highest BCUT2D eigenvalue weighted by Gasteiger charge is 2.29. The van der Waals surface area contributed by atoms with Gasteiger partial charge in [-0.3, -0.25) is 9.59 Å². The van der Waals surface area contributed by atoms with Crippen LogP contribution in [0.15, 0.2) is 24.3 Å². The summed E-state index contributed by atoms with van der Waals surface area (Å²) in [5, 5.41) is 10.0. The maximum atomic E-state index is 12.4. The molecule has 1 aromatic carbocycles. The molecule has 2 amide bonds. The van der Waals surface area contributed by atoms with Crippen LogP contribution < -0.4 is 15.4 Å². The average molecular weight is 388 g/mol. The standard InChI is InChI=1S/C19H24N4O3S/c1-19(2,3)23-16(14-10-27-11-15(14)22-23)21-18(25)17(24)20-9-12-5-7-13(26-4)8-6-12/h5-8H,9-11H2,1-4H3,(H,20,24)(H,21,25). The van der Waals surface area contributed by atoms with Crippen LogP contribution in [0.25, 0.3) is 0 Å². The highest BCUT2D eigenvalue weighted by molar-refractivity contribution is 7.98. The molecule has 1 aromatic heterocycles. The van der Waals surface area contributed by atoms with Gasteiger partial charge in [-0.2, -0.15) is 16.9 Å². The van der Waals surface area contributed by atoms with Gasteiger partial charge < -0.3 is 15.4 Å². The van der Waals surface area contributed by atoms with Gasteiger partial charge in [-0.05, 0) is 38.5 Å². The molecule has 0 fully saturated rings. The molecule has 0 atom stereocenters. The first-order valence-corrected chi connectivity index (χ1v) is 9.86. The topological polar surface area (TPSA) is 85.2 Å². The normalized spacial score (nSPS) is 13.2. The summed E-state index contributed by atoms with van der Waals surface area (Å²) >= 11 is 1.75. The summed E-state index contributed by atoms with van der Waals surface area (Å²) in [6.45, 7) is 6.31. The number of hydrogen-bond acceptors (Lipinski definition) is 5. The van der Waals surface area contributed by atoms with Crippen molar-refractivity contribution in [2.75, 3.05) is 12.4 Å². The molecule has 0 spiro atoms. The molecule has 0 radical (unpaired) electrons. The molecule has 0 bridgehead atoms. The predicted octanol–water partition coefficient (Wildman–Crippen LogP) is 2.65. The second-order valence-corrected chi connectivity index (χ2v) is 8.32. The van der Waals surface area contributed by atoms with Crippen LogP contribution in [0.5, 0.6) is 5.75 Å². The maximum Gasteiger partial charge on any atom is 0.314 e. The van der Waals surface area contributed by atoms with E-state index >= 15 is 0 Å². The first-order valence-electron chi connectivity index (χ1n) is 8.70. The molecule has 1 aliphatic rings. The fraction of sp³-hybridized carbons (Fsp3) is 0.421. The van der Waals surface area contributed by atoms with Gasteiger partial charge in [-0.1, -0.05) is 12.1 Å². The summed E-state index contributed by atoms with van der Waals surface area (Å²) in [7, 11) is 1.60. The number of carbonyl (C=O) groups is 2. The molecule has 3 rings (SSSR count).